The number of aliphatic carboxylic acids is 2. The monoisotopic (exact) mass is 361 g/mol. The van der Waals surface area contributed by atoms with Crippen LogP contribution in [-0.4, -0.2) is 34.1 Å². The van der Waals surface area contributed by atoms with Gasteiger partial charge < -0.3 is 27.4 Å². The van der Waals surface area contributed by atoms with E-state index in [1.807, 2.05) is 0 Å². The molecule has 0 unspecified atom stereocenters. The summed E-state index contributed by atoms with van der Waals surface area (Å²) >= 11 is 11.5. The third kappa shape index (κ3) is 11.5. The fraction of sp³-hybridized carbons (Fsp3) is 0. The molecule has 0 spiro atoms. The zero-order chi connectivity index (χ0) is 18.0. The van der Waals surface area contributed by atoms with Gasteiger partial charge in [-0.05, 0) is 18.2 Å². The summed E-state index contributed by atoms with van der Waals surface area (Å²) in [6.07, 6.45) is 1.12. The van der Waals surface area contributed by atoms with Crippen molar-refractivity contribution in [2.75, 3.05) is 0 Å². The molecule has 0 bridgehead atoms. The van der Waals surface area contributed by atoms with Gasteiger partial charge in [-0.1, -0.05) is 23.2 Å². The van der Waals surface area contributed by atoms with E-state index in [2.05, 4.69) is 9.98 Å². The molecule has 1 aromatic rings. The Bertz CT molecular complexity index is 633. The van der Waals surface area contributed by atoms with Crippen molar-refractivity contribution in [1.82, 2.24) is 0 Å². The van der Waals surface area contributed by atoms with Gasteiger partial charge in [-0.2, -0.15) is 4.99 Å². The first kappa shape index (κ1) is 20.2. The van der Waals surface area contributed by atoms with E-state index in [0.717, 1.165) is 0 Å². The van der Waals surface area contributed by atoms with Crippen molar-refractivity contribution >= 4 is 52.7 Å². The molecule has 0 aliphatic rings. The van der Waals surface area contributed by atoms with E-state index < -0.39 is 11.9 Å². The Morgan fingerprint density at radius 2 is 1.39 bits per heavy atom. The van der Waals surface area contributed by atoms with Crippen LogP contribution in [0.1, 0.15) is 0 Å². The van der Waals surface area contributed by atoms with Crippen LogP contribution in [0.25, 0.3) is 0 Å². The quantitative estimate of drug-likeness (QED) is 0.301. The molecule has 0 aromatic heterocycles. The zero-order valence-corrected chi connectivity index (χ0v) is 13.0. The van der Waals surface area contributed by atoms with E-state index in [9.17, 15) is 9.59 Å². The number of rotatable bonds is 3. The van der Waals surface area contributed by atoms with Crippen molar-refractivity contribution in [3.63, 3.8) is 0 Å². The standard InChI is InChI=1S/C8H9Cl2N5.C4H4O4/c9-4-1-5(10)3-6(2-4)14-8(13)15-7(11)12;5-3(6)1-2-4(7)8/h1-3H,(H6,11,12,13,14,15);1-2H,(H,5,6)(H,7,8)/b;2-1-. The molecule has 9 nitrogen and oxygen atoms in total. The number of benzene rings is 1. The van der Waals surface area contributed by atoms with Crippen LogP contribution < -0.4 is 17.2 Å². The minimum Gasteiger partial charge on any atom is -0.478 e. The third-order valence-electron chi connectivity index (χ3n) is 1.70. The molecule has 1 rings (SSSR count). The molecule has 1 aromatic carbocycles. The van der Waals surface area contributed by atoms with E-state index in [-0.39, 0.29) is 11.9 Å². The van der Waals surface area contributed by atoms with Crippen LogP contribution in [0.15, 0.2) is 40.3 Å². The van der Waals surface area contributed by atoms with E-state index in [1.165, 1.54) is 0 Å². The molecular formula is C12H13Cl2N5O4. The lowest BCUT2D eigenvalue weighted by molar-refractivity contribution is -0.134. The number of carboxylic acids is 2. The van der Waals surface area contributed by atoms with Crippen molar-refractivity contribution in [3.05, 3.63) is 40.4 Å². The lowest BCUT2D eigenvalue weighted by Crippen LogP contribution is -2.26. The van der Waals surface area contributed by atoms with Crippen LogP contribution in [0.2, 0.25) is 10.0 Å². The molecule has 8 N–H and O–H groups in total. The molecule has 0 heterocycles. The minimum atomic E-state index is -1.26. The first-order valence-electron chi connectivity index (χ1n) is 5.64. The van der Waals surface area contributed by atoms with Crippen molar-refractivity contribution in [1.29, 1.82) is 0 Å². The highest BCUT2D eigenvalue weighted by Crippen LogP contribution is 2.24. The Morgan fingerprint density at radius 1 is 0.957 bits per heavy atom. The van der Waals surface area contributed by atoms with Gasteiger partial charge >= 0.3 is 11.9 Å². The predicted molar refractivity (Wildman–Crippen MR) is 88.0 cm³/mol. The highest BCUT2D eigenvalue weighted by atomic mass is 35.5. The number of carboxylic acid groups (broad SMARTS) is 2. The van der Waals surface area contributed by atoms with Gasteiger partial charge in [0.1, 0.15) is 0 Å². The number of nitrogens with zero attached hydrogens (tertiary/aromatic N) is 2. The normalized spacial score (nSPS) is 10.6. The maximum atomic E-state index is 9.55. The summed E-state index contributed by atoms with van der Waals surface area (Å²) in [5.41, 5.74) is 16.1. The largest absolute Gasteiger partial charge is 0.478 e. The molecule has 23 heavy (non-hydrogen) atoms. The molecule has 0 saturated carbocycles. The molecule has 0 aliphatic heterocycles. The number of carbonyl (C=O) groups is 2. The van der Waals surface area contributed by atoms with Crippen LogP contribution in [0, 0.1) is 0 Å². The van der Waals surface area contributed by atoms with Gasteiger partial charge in [-0.3, -0.25) is 0 Å². The minimum absolute atomic E-state index is 0.0617. The van der Waals surface area contributed by atoms with Crippen LogP contribution in [0.4, 0.5) is 5.69 Å². The fourth-order valence-electron chi connectivity index (χ4n) is 1.04. The van der Waals surface area contributed by atoms with E-state index >= 15 is 0 Å². The van der Waals surface area contributed by atoms with Crippen LogP contribution in [-0.2, 0) is 9.59 Å². The Kier molecular flexibility index (Phi) is 8.82. The number of hydrogen-bond donors (Lipinski definition) is 5. The molecule has 0 fully saturated rings. The second-order valence-electron chi connectivity index (χ2n) is 3.64. The van der Waals surface area contributed by atoms with Crippen molar-refractivity contribution < 1.29 is 19.8 Å². The SMILES string of the molecule is NC(N)=NC(N)=Nc1cc(Cl)cc(Cl)c1.O=C(O)/C=C\C(=O)O. The summed E-state index contributed by atoms with van der Waals surface area (Å²) in [6.45, 7) is 0. The van der Waals surface area contributed by atoms with Gasteiger partial charge in [0.2, 0.25) is 5.96 Å². The van der Waals surface area contributed by atoms with Gasteiger partial charge in [0.15, 0.2) is 5.96 Å². The van der Waals surface area contributed by atoms with Crippen molar-refractivity contribution in [3.8, 4) is 0 Å². The highest BCUT2D eigenvalue weighted by molar-refractivity contribution is 6.35. The summed E-state index contributed by atoms with van der Waals surface area (Å²) in [4.78, 5) is 26.6. The molecule has 0 aliphatic carbocycles. The van der Waals surface area contributed by atoms with Gasteiger partial charge in [0.25, 0.3) is 0 Å². The number of guanidine groups is 2. The Morgan fingerprint density at radius 3 is 1.74 bits per heavy atom. The first-order valence-corrected chi connectivity index (χ1v) is 6.39. The van der Waals surface area contributed by atoms with Gasteiger partial charge in [-0.25, -0.2) is 14.6 Å². The first-order chi connectivity index (χ1) is 10.6. The maximum absolute atomic E-state index is 9.55. The Labute approximate surface area is 140 Å². The molecule has 0 amide bonds. The highest BCUT2D eigenvalue weighted by Gasteiger charge is 1.97. The fourth-order valence-corrected chi connectivity index (χ4v) is 1.55. The average Bonchev–Trinajstić information content (AvgIpc) is 2.34. The van der Waals surface area contributed by atoms with Gasteiger partial charge in [0, 0.05) is 22.2 Å². The van der Waals surface area contributed by atoms with Crippen molar-refractivity contribution in [2.24, 2.45) is 27.2 Å². The smallest absolute Gasteiger partial charge is 0.328 e. The molecular weight excluding hydrogens is 349 g/mol. The summed E-state index contributed by atoms with van der Waals surface area (Å²) in [5, 5.41) is 16.5. The molecule has 0 atom stereocenters. The van der Waals surface area contributed by atoms with Crippen LogP contribution in [0.3, 0.4) is 0 Å². The Hall–Kier alpha value is -2.78. The van der Waals surface area contributed by atoms with E-state index in [0.29, 0.717) is 27.9 Å². The topological polar surface area (TPSA) is 177 Å². The Balaban J connectivity index is 0.000000515. The second kappa shape index (κ2) is 10.0. The summed E-state index contributed by atoms with van der Waals surface area (Å²) in [5.74, 6) is -2.74. The summed E-state index contributed by atoms with van der Waals surface area (Å²) in [7, 11) is 0. The zero-order valence-electron chi connectivity index (χ0n) is 11.5. The molecule has 0 radical (unpaired) electrons. The number of aliphatic imine (C=N–C) groups is 2. The van der Waals surface area contributed by atoms with E-state index in [4.69, 9.17) is 50.6 Å². The molecule has 11 heteroatoms. The van der Waals surface area contributed by atoms with E-state index in [1.54, 1.807) is 18.2 Å². The summed E-state index contributed by atoms with van der Waals surface area (Å²) in [6, 6.07) is 4.75. The third-order valence-corrected chi connectivity index (χ3v) is 2.14. The molecule has 124 valence electrons. The number of hydrogen-bond acceptors (Lipinski definition) is 3. The summed E-state index contributed by atoms with van der Waals surface area (Å²) < 4.78 is 0. The lowest BCUT2D eigenvalue weighted by atomic mass is 10.3. The van der Waals surface area contributed by atoms with Gasteiger partial charge in [0.05, 0.1) is 5.69 Å². The molecule has 0 saturated heterocycles. The predicted octanol–water partition coefficient (Wildman–Crippen LogP) is 0.925. The maximum Gasteiger partial charge on any atom is 0.328 e. The lowest BCUT2D eigenvalue weighted by Gasteiger charge is -1.98. The number of halogens is 2. The van der Waals surface area contributed by atoms with Crippen LogP contribution >= 0.6 is 23.2 Å². The average molecular weight is 362 g/mol. The second-order valence-corrected chi connectivity index (χ2v) is 4.52. The van der Waals surface area contributed by atoms with Crippen molar-refractivity contribution in [2.45, 2.75) is 0 Å². The number of nitrogens with two attached hydrogens (primary N) is 3. The van der Waals surface area contributed by atoms with Gasteiger partial charge in [-0.15, -0.1) is 0 Å². The van der Waals surface area contributed by atoms with Crippen LogP contribution in [0.5, 0.6) is 0 Å².